The Labute approximate surface area is 188 Å². The van der Waals surface area contributed by atoms with Gasteiger partial charge in [-0.2, -0.15) is 5.26 Å². The van der Waals surface area contributed by atoms with Crippen molar-refractivity contribution in [2.75, 3.05) is 6.26 Å². The Morgan fingerprint density at radius 2 is 1.87 bits per heavy atom. The summed E-state index contributed by atoms with van der Waals surface area (Å²) in [6.07, 6.45) is 5.32. The average molecular weight is 434 g/mol. The Hall–Kier alpha value is -3.04. The second kappa shape index (κ2) is 9.84. The molecular weight excluding hydrogens is 406 g/mol. The van der Waals surface area contributed by atoms with E-state index in [1.165, 1.54) is 11.8 Å². The lowest BCUT2D eigenvalue weighted by molar-refractivity contribution is 0.300. The maximum atomic E-state index is 10.4. The average Bonchev–Trinajstić information content (AvgIpc) is 2.79. The summed E-state index contributed by atoms with van der Waals surface area (Å²) < 4.78 is 5.89. The summed E-state index contributed by atoms with van der Waals surface area (Å²) in [5.41, 5.74) is 3.75. The molecule has 0 amide bonds. The van der Waals surface area contributed by atoms with E-state index in [0.29, 0.717) is 12.2 Å². The van der Waals surface area contributed by atoms with E-state index in [-0.39, 0.29) is 11.2 Å². The van der Waals surface area contributed by atoms with Gasteiger partial charge < -0.3 is 9.84 Å². The third kappa shape index (κ3) is 5.18. The van der Waals surface area contributed by atoms with Gasteiger partial charge in [-0.3, -0.25) is 0 Å². The van der Waals surface area contributed by atoms with Crippen molar-refractivity contribution < 1.29 is 9.84 Å². The van der Waals surface area contributed by atoms with Gasteiger partial charge in [0.25, 0.3) is 0 Å². The zero-order chi connectivity index (χ0) is 22.4. The Morgan fingerprint density at radius 1 is 1.13 bits per heavy atom. The molecule has 0 fully saturated rings. The molecule has 0 saturated heterocycles. The van der Waals surface area contributed by atoms with Crippen LogP contribution in [-0.2, 0) is 18.4 Å². The standard InChI is InChI=1S/C25H27N3O2S/c1-5-6-17-13-20(14-18(15-26)23(17)29)25(2,3)19-7-9-22(10-8-19)30-16-21-11-12-27-24(28-21)31-4/h7-14,29H,5-6,16H2,1-4H3. The summed E-state index contributed by atoms with van der Waals surface area (Å²) in [5, 5.41) is 20.5. The van der Waals surface area contributed by atoms with E-state index in [9.17, 15) is 10.4 Å². The maximum absolute atomic E-state index is 10.4. The van der Waals surface area contributed by atoms with Gasteiger partial charge in [0.1, 0.15) is 24.2 Å². The molecule has 1 heterocycles. The van der Waals surface area contributed by atoms with Gasteiger partial charge in [0.05, 0.1) is 11.3 Å². The number of ether oxygens (including phenoxy) is 1. The number of rotatable bonds is 8. The topological polar surface area (TPSA) is 79.0 Å². The minimum absolute atomic E-state index is 0.0991. The summed E-state index contributed by atoms with van der Waals surface area (Å²) in [6.45, 7) is 6.68. The number of aromatic hydroxyl groups is 1. The van der Waals surface area contributed by atoms with Crippen molar-refractivity contribution in [1.29, 1.82) is 5.26 Å². The number of hydrogen-bond acceptors (Lipinski definition) is 6. The van der Waals surface area contributed by atoms with Crippen LogP contribution in [0.2, 0.25) is 0 Å². The summed E-state index contributed by atoms with van der Waals surface area (Å²) >= 11 is 1.50. The minimum atomic E-state index is -0.333. The van der Waals surface area contributed by atoms with Crippen LogP contribution in [0.15, 0.2) is 53.8 Å². The number of aryl methyl sites for hydroxylation is 1. The lowest BCUT2D eigenvalue weighted by Crippen LogP contribution is -2.19. The summed E-state index contributed by atoms with van der Waals surface area (Å²) in [7, 11) is 0. The highest BCUT2D eigenvalue weighted by molar-refractivity contribution is 7.98. The van der Waals surface area contributed by atoms with Crippen LogP contribution in [0.25, 0.3) is 0 Å². The van der Waals surface area contributed by atoms with Crippen LogP contribution in [0, 0.1) is 11.3 Å². The Balaban J connectivity index is 1.81. The second-order valence-electron chi connectivity index (χ2n) is 7.87. The molecule has 6 heteroatoms. The van der Waals surface area contributed by atoms with Crippen molar-refractivity contribution in [1.82, 2.24) is 9.97 Å². The predicted octanol–water partition coefficient (Wildman–Crippen LogP) is 5.63. The number of nitrogens with zero attached hydrogens (tertiary/aromatic N) is 3. The normalized spacial score (nSPS) is 11.2. The molecule has 0 aliphatic carbocycles. The van der Waals surface area contributed by atoms with Crippen molar-refractivity contribution in [3.05, 3.63) is 76.6 Å². The molecule has 0 bridgehead atoms. The zero-order valence-corrected chi connectivity index (χ0v) is 19.2. The number of aromatic nitrogens is 2. The number of benzene rings is 2. The fourth-order valence-electron chi connectivity index (χ4n) is 3.45. The molecule has 0 aliphatic rings. The van der Waals surface area contributed by atoms with E-state index >= 15 is 0 Å². The number of nitriles is 1. The van der Waals surface area contributed by atoms with Crippen molar-refractivity contribution in [3.8, 4) is 17.6 Å². The smallest absolute Gasteiger partial charge is 0.187 e. The van der Waals surface area contributed by atoms with Crippen LogP contribution < -0.4 is 4.74 Å². The van der Waals surface area contributed by atoms with E-state index in [4.69, 9.17) is 4.74 Å². The van der Waals surface area contributed by atoms with E-state index < -0.39 is 0 Å². The third-order valence-corrected chi connectivity index (χ3v) is 5.95. The summed E-state index contributed by atoms with van der Waals surface area (Å²) in [5.74, 6) is 0.862. The van der Waals surface area contributed by atoms with Gasteiger partial charge in [0.15, 0.2) is 5.16 Å². The maximum Gasteiger partial charge on any atom is 0.187 e. The van der Waals surface area contributed by atoms with Gasteiger partial charge in [-0.05, 0) is 53.6 Å². The monoisotopic (exact) mass is 433 g/mol. The van der Waals surface area contributed by atoms with Crippen molar-refractivity contribution in [2.45, 2.75) is 50.8 Å². The van der Waals surface area contributed by atoms with Crippen molar-refractivity contribution in [3.63, 3.8) is 0 Å². The molecule has 3 aromatic rings. The molecule has 1 N–H and O–H groups in total. The Bertz CT molecular complexity index is 1090. The van der Waals surface area contributed by atoms with Crippen LogP contribution in [-0.4, -0.2) is 21.3 Å². The van der Waals surface area contributed by atoms with Crippen LogP contribution >= 0.6 is 11.8 Å². The molecule has 3 rings (SSSR count). The lowest BCUT2D eigenvalue weighted by atomic mass is 9.76. The fraction of sp³-hybridized carbons (Fsp3) is 0.320. The van der Waals surface area contributed by atoms with Crippen LogP contribution in [0.4, 0.5) is 0 Å². The number of thioether (sulfide) groups is 1. The number of hydrogen-bond donors (Lipinski definition) is 1. The largest absolute Gasteiger partial charge is 0.506 e. The zero-order valence-electron chi connectivity index (χ0n) is 18.3. The van der Waals surface area contributed by atoms with Gasteiger partial charge >= 0.3 is 0 Å². The van der Waals surface area contributed by atoms with E-state index in [1.807, 2.05) is 42.7 Å². The lowest BCUT2D eigenvalue weighted by Gasteiger charge is -2.27. The SMILES string of the molecule is CCCc1cc(C(C)(C)c2ccc(OCc3ccnc(SC)n3)cc2)cc(C#N)c1O. The van der Waals surface area contributed by atoms with E-state index in [2.05, 4.69) is 36.8 Å². The van der Waals surface area contributed by atoms with E-state index in [0.717, 1.165) is 46.1 Å². The molecule has 2 aromatic carbocycles. The molecular formula is C25H27N3O2S. The Kier molecular flexibility index (Phi) is 7.19. The Morgan fingerprint density at radius 3 is 2.52 bits per heavy atom. The van der Waals surface area contributed by atoms with E-state index in [1.54, 1.807) is 12.3 Å². The molecule has 5 nitrogen and oxygen atoms in total. The summed E-state index contributed by atoms with van der Waals surface area (Å²) in [4.78, 5) is 8.61. The second-order valence-corrected chi connectivity index (χ2v) is 8.64. The minimum Gasteiger partial charge on any atom is -0.506 e. The van der Waals surface area contributed by atoms with Gasteiger partial charge in [0, 0.05) is 11.6 Å². The van der Waals surface area contributed by atoms with Crippen molar-refractivity contribution >= 4 is 11.8 Å². The molecule has 0 atom stereocenters. The first kappa shape index (κ1) is 22.6. The molecule has 0 spiro atoms. The summed E-state index contributed by atoms with van der Waals surface area (Å²) in [6, 6.07) is 15.8. The highest BCUT2D eigenvalue weighted by Gasteiger charge is 2.25. The van der Waals surface area contributed by atoms with Gasteiger partial charge in [-0.25, -0.2) is 9.97 Å². The quantitative estimate of drug-likeness (QED) is 0.366. The molecule has 0 unspecified atom stereocenters. The molecule has 0 radical (unpaired) electrons. The van der Waals surface area contributed by atoms with Gasteiger partial charge in [-0.15, -0.1) is 0 Å². The first-order chi connectivity index (χ1) is 14.9. The first-order valence-corrected chi connectivity index (χ1v) is 11.5. The van der Waals surface area contributed by atoms with Crippen molar-refractivity contribution in [2.24, 2.45) is 0 Å². The highest BCUT2D eigenvalue weighted by atomic mass is 32.2. The van der Waals surface area contributed by atoms with Gasteiger partial charge in [-0.1, -0.05) is 57.2 Å². The molecule has 1 aromatic heterocycles. The highest BCUT2D eigenvalue weighted by Crippen LogP contribution is 2.36. The third-order valence-electron chi connectivity index (χ3n) is 5.39. The first-order valence-electron chi connectivity index (χ1n) is 10.2. The number of phenols is 1. The molecule has 0 aliphatic heterocycles. The number of phenolic OH excluding ortho intramolecular Hbond substituents is 1. The van der Waals surface area contributed by atoms with Crippen LogP contribution in [0.5, 0.6) is 11.5 Å². The molecule has 0 saturated carbocycles. The van der Waals surface area contributed by atoms with Crippen LogP contribution in [0.1, 0.15) is 55.1 Å². The molecule has 160 valence electrons. The molecule has 31 heavy (non-hydrogen) atoms. The van der Waals surface area contributed by atoms with Crippen LogP contribution in [0.3, 0.4) is 0 Å². The predicted molar refractivity (Wildman–Crippen MR) is 124 cm³/mol. The fourth-order valence-corrected chi connectivity index (χ4v) is 3.82. The van der Waals surface area contributed by atoms with Gasteiger partial charge in [0.2, 0.25) is 0 Å².